The fraction of sp³-hybridized carbons (Fsp3) is 0. The van der Waals surface area contributed by atoms with Crippen LogP contribution in [0.3, 0.4) is 0 Å². The van der Waals surface area contributed by atoms with Crippen LogP contribution in [-0.4, -0.2) is 17.9 Å². The van der Waals surface area contributed by atoms with E-state index >= 15 is 0 Å². The molecular weight excluding hydrogens is 242 g/mol. The zero-order valence-corrected chi connectivity index (χ0v) is 10.8. The number of aromatic nitrogens is 1. The maximum Gasteiger partial charge on any atom is 1.00 e. The van der Waals surface area contributed by atoms with E-state index in [9.17, 15) is 22.1 Å². The molecule has 15 heavy (non-hydrogen) atoms. The molecule has 0 unspecified atom stereocenters. The quantitative estimate of drug-likeness (QED) is 0.458. The first-order chi connectivity index (χ1) is 6.32. The number of hydrogen-bond donors (Lipinski definition) is 1. The van der Waals surface area contributed by atoms with Gasteiger partial charge in [0.05, 0.1) is 0 Å². The maximum atomic E-state index is 12.8. The summed E-state index contributed by atoms with van der Waals surface area (Å²) in [7, 11) is 0. The second kappa shape index (κ2) is 5.39. The van der Waals surface area contributed by atoms with Gasteiger partial charge in [0.1, 0.15) is 0 Å². The molecule has 2 N–H and O–H groups in total. The minimum Gasteiger partial charge on any atom is -0.445 e. The minimum atomic E-state index is -5.31. The first-order valence-electron chi connectivity index (χ1n) is 3.47. The van der Waals surface area contributed by atoms with Crippen LogP contribution < -0.4 is 62.6 Å². The van der Waals surface area contributed by atoms with E-state index in [1.807, 2.05) is 0 Å². The molecule has 0 aliphatic heterocycles. The van der Waals surface area contributed by atoms with Crippen LogP contribution in [0.15, 0.2) is 12.3 Å². The summed E-state index contributed by atoms with van der Waals surface area (Å²) in [6.07, 6.45) is 0.378. The molecular formula is C6H4BF4KN2O. The van der Waals surface area contributed by atoms with Crippen LogP contribution in [0.1, 0.15) is 10.5 Å². The van der Waals surface area contributed by atoms with E-state index in [4.69, 9.17) is 0 Å². The molecule has 0 bridgehead atoms. The molecule has 9 heteroatoms. The number of nitrogens with zero attached hydrogens (tertiary/aromatic N) is 1. The molecule has 0 saturated heterocycles. The third-order valence-electron chi connectivity index (χ3n) is 1.47. The van der Waals surface area contributed by atoms with Crippen molar-refractivity contribution in [1.82, 2.24) is 4.98 Å². The van der Waals surface area contributed by atoms with E-state index in [-0.39, 0.29) is 57.5 Å². The average Bonchev–Trinajstić information content (AvgIpc) is 2.01. The van der Waals surface area contributed by atoms with Crippen molar-refractivity contribution in [2.75, 3.05) is 0 Å². The molecule has 0 atom stereocenters. The van der Waals surface area contributed by atoms with Crippen LogP contribution in [0.25, 0.3) is 0 Å². The van der Waals surface area contributed by atoms with Crippen LogP contribution in [0, 0.1) is 5.82 Å². The van der Waals surface area contributed by atoms with Gasteiger partial charge in [-0.05, 0) is 6.07 Å². The van der Waals surface area contributed by atoms with E-state index in [0.717, 1.165) is 0 Å². The summed E-state index contributed by atoms with van der Waals surface area (Å²) >= 11 is 0. The Balaban J connectivity index is 0.00000196. The fourth-order valence-corrected chi connectivity index (χ4v) is 0.813. The molecule has 0 radical (unpaired) electrons. The minimum absolute atomic E-state index is 0. The van der Waals surface area contributed by atoms with Crippen molar-refractivity contribution in [3.63, 3.8) is 0 Å². The van der Waals surface area contributed by atoms with Crippen molar-refractivity contribution in [2.24, 2.45) is 5.73 Å². The Kier molecular flexibility index (Phi) is 5.41. The predicted molar refractivity (Wildman–Crippen MR) is 41.4 cm³/mol. The first-order valence-corrected chi connectivity index (χ1v) is 3.47. The molecule has 0 spiro atoms. The van der Waals surface area contributed by atoms with Gasteiger partial charge in [0.25, 0.3) is 5.91 Å². The van der Waals surface area contributed by atoms with E-state index in [1.165, 1.54) is 0 Å². The molecule has 0 fully saturated rings. The Morgan fingerprint density at radius 2 is 1.93 bits per heavy atom. The van der Waals surface area contributed by atoms with E-state index in [2.05, 4.69) is 10.7 Å². The number of carbonyl (C=O) groups excluding carboxylic acids is 1. The van der Waals surface area contributed by atoms with Crippen molar-refractivity contribution in [3.8, 4) is 0 Å². The standard InChI is InChI=1S/C6H4BF4N2O.K/c8-4-1-3(7(9,10)11)2-13-5(4)6(12)14;/h1-2H,(H2,12,14);/q-1;+1. The maximum absolute atomic E-state index is 12.8. The van der Waals surface area contributed by atoms with Crippen LogP contribution in [0.4, 0.5) is 17.3 Å². The van der Waals surface area contributed by atoms with Gasteiger partial charge in [-0.25, -0.2) is 4.39 Å². The largest absolute Gasteiger partial charge is 1.00 e. The third-order valence-corrected chi connectivity index (χ3v) is 1.47. The second-order valence-corrected chi connectivity index (χ2v) is 2.54. The smallest absolute Gasteiger partial charge is 0.445 e. The zero-order chi connectivity index (χ0) is 10.9. The predicted octanol–water partition coefficient (Wildman–Crippen LogP) is -2.62. The number of pyridine rings is 1. The molecule has 1 amide bonds. The van der Waals surface area contributed by atoms with Gasteiger partial charge in [-0.1, -0.05) is 5.46 Å². The fourth-order valence-electron chi connectivity index (χ4n) is 0.813. The molecule has 0 aliphatic rings. The zero-order valence-electron chi connectivity index (χ0n) is 7.68. The van der Waals surface area contributed by atoms with Crippen molar-refractivity contribution in [2.45, 2.75) is 0 Å². The van der Waals surface area contributed by atoms with Crippen LogP contribution in [0.2, 0.25) is 0 Å². The van der Waals surface area contributed by atoms with Gasteiger partial charge in [-0.2, -0.15) is 0 Å². The summed E-state index contributed by atoms with van der Waals surface area (Å²) in [5.41, 5.74) is 2.66. The summed E-state index contributed by atoms with van der Waals surface area (Å²) < 4.78 is 48.9. The summed E-state index contributed by atoms with van der Waals surface area (Å²) in [5.74, 6) is -2.57. The normalized spacial score (nSPS) is 10.7. The molecule has 76 valence electrons. The topological polar surface area (TPSA) is 56.0 Å². The number of amides is 1. The number of hydrogen-bond acceptors (Lipinski definition) is 2. The molecule has 1 rings (SSSR count). The van der Waals surface area contributed by atoms with Crippen molar-refractivity contribution >= 4 is 18.3 Å². The van der Waals surface area contributed by atoms with E-state index < -0.39 is 29.9 Å². The average molecular weight is 246 g/mol. The first kappa shape index (κ1) is 15.0. The number of nitrogens with two attached hydrogens (primary N) is 1. The molecule has 1 heterocycles. The van der Waals surface area contributed by atoms with Gasteiger partial charge in [0, 0.05) is 6.20 Å². The van der Waals surface area contributed by atoms with Gasteiger partial charge in [-0.15, -0.1) is 0 Å². The summed E-state index contributed by atoms with van der Waals surface area (Å²) in [6.45, 7) is -5.31. The Bertz CT molecular complexity index is 384. The molecule has 0 saturated carbocycles. The summed E-state index contributed by atoms with van der Waals surface area (Å²) in [5, 5.41) is 0. The Labute approximate surface area is 125 Å². The third kappa shape index (κ3) is 3.83. The molecule has 1 aromatic rings. The van der Waals surface area contributed by atoms with Gasteiger partial charge >= 0.3 is 58.4 Å². The summed E-state index contributed by atoms with van der Waals surface area (Å²) in [6, 6.07) is 0.201. The van der Waals surface area contributed by atoms with E-state index in [1.54, 1.807) is 0 Å². The van der Waals surface area contributed by atoms with Gasteiger partial charge in [0.15, 0.2) is 11.5 Å². The number of primary amides is 1. The van der Waals surface area contributed by atoms with E-state index in [0.29, 0.717) is 6.20 Å². The van der Waals surface area contributed by atoms with Crippen molar-refractivity contribution < 1.29 is 73.5 Å². The van der Waals surface area contributed by atoms with Crippen molar-refractivity contribution in [3.05, 3.63) is 23.8 Å². The SMILES string of the molecule is NC(=O)c1ncc([B-](F)(F)F)cc1F.[K+]. The van der Waals surface area contributed by atoms with Crippen LogP contribution >= 0.6 is 0 Å². The monoisotopic (exact) mass is 246 g/mol. The van der Waals surface area contributed by atoms with Gasteiger partial charge < -0.3 is 18.7 Å². The Morgan fingerprint density at radius 3 is 2.27 bits per heavy atom. The molecule has 1 aromatic heterocycles. The Morgan fingerprint density at radius 1 is 1.40 bits per heavy atom. The van der Waals surface area contributed by atoms with Crippen LogP contribution in [0.5, 0.6) is 0 Å². The molecule has 0 aliphatic carbocycles. The number of halogens is 4. The van der Waals surface area contributed by atoms with Crippen molar-refractivity contribution in [1.29, 1.82) is 0 Å². The molecule has 3 nitrogen and oxygen atoms in total. The Hall–Kier alpha value is 0.0413. The summed E-state index contributed by atoms with van der Waals surface area (Å²) in [4.78, 5) is 13.4. The van der Waals surface area contributed by atoms with Crippen LogP contribution in [-0.2, 0) is 0 Å². The molecule has 0 aromatic carbocycles. The van der Waals surface area contributed by atoms with Gasteiger partial charge in [0.2, 0.25) is 0 Å². The number of rotatable bonds is 2. The number of carbonyl (C=O) groups is 1. The second-order valence-electron chi connectivity index (χ2n) is 2.54. The van der Waals surface area contributed by atoms with Gasteiger partial charge in [-0.3, -0.25) is 9.78 Å².